The fraction of sp³-hybridized carbons (Fsp3) is 1.00. The summed E-state index contributed by atoms with van der Waals surface area (Å²) in [5.41, 5.74) is 5.45. The van der Waals surface area contributed by atoms with Gasteiger partial charge in [0.1, 0.15) is 0 Å². The number of ether oxygens (including phenoxy) is 3. The number of hydrogen-bond donors (Lipinski definition) is 1. The van der Waals surface area contributed by atoms with E-state index < -0.39 is 0 Å². The Bertz CT molecular complexity index is 159. The zero-order valence-electron chi connectivity index (χ0n) is 7.78. The summed E-state index contributed by atoms with van der Waals surface area (Å²) in [4.78, 5) is 0. The summed E-state index contributed by atoms with van der Waals surface area (Å²) in [6.45, 7) is 2.98. The third-order valence-corrected chi connectivity index (χ3v) is 2.61. The summed E-state index contributed by atoms with van der Waals surface area (Å²) < 4.78 is 16.5. The van der Waals surface area contributed by atoms with E-state index in [-0.39, 0.29) is 12.4 Å². The second-order valence-corrected chi connectivity index (χ2v) is 3.66. The van der Waals surface area contributed by atoms with Crippen molar-refractivity contribution in [3.8, 4) is 0 Å². The lowest BCUT2D eigenvalue weighted by Crippen LogP contribution is -2.23. The van der Waals surface area contributed by atoms with Gasteiger partial charge in [0, 0.05) is 12.5 Å². The van der Waals surface area contributed by atoms with Gasteiger partial charge in [-0.05, 0) is 19.4 Å². The van der Waals surface area contributed by atoms with Gasteiger partial charge in [0.25, 0.3) is 0 Å². The van der Waals surface area contributed by atoms with Gasteiger partial charge >= 0.3 is 0 Å². The zero-order valence-corrected chi connectivity index (χ0v) is 7.78. The number of rotatable bonds is 3. The molecule has 3 unspecified atom stereocenters. The van der Waals surface area contributed by atoms with Crippen molar-refractivity contribution in [2.45, 2.75) is 25.2 Å². The maximum atomic E-state index is 5.70. The minimum atomic E-state index is -0.0425. The molecule has 0 aromatic rings. The molecule has 13 heavy (non-hydrogen) atoms. The molecule has 0 aromatic heterocycles. The topological polar surface area (TPSA) is 53.7 Å². The standard InChI is InChI=1S/C9H17NO3/c10-3-1-8-6-12-9(13-8)7-2-4-11-5-7/h7-9H,1-6,10H2. The highest BCUT2D eigenvalue weighted by Gasteiger charge is 2.34. The molecule has 4 heteroatoms. The smallest absolute Gasteiger partial charge is 0.163 e. The molecule has 0 aliphatic carbocycles. The molecule has 0 bridgehead atoms. The maximum Gasteiger partial charge on any atom is 0.163 e. The Hall–Kier alpha value is -0.160. The fourth-order valence-electron chi connectivity index (χ4n) is 1.82. The van der Waals surface area contributed by atoms with Crippen LogP contribution in [0.25, 0.3) is 0 Å². The molecule has 4 nitrogen and oxygen atoms in total. The van der Waals surface area contributed by atoms with Crippen molar-refractivity contribution in [3.63, 3.8) is 0 Å². The Morgan fingerprint density at radius 2 is 2.23 bits per heavy atom. The van der Waals surface area contributed by atoms with E-state index in [1.807, 2.05) is 0 Å². The Morgan fingerprint density at radius 3 is 2.92 bits per heavy atom. The predicted molar refractivity (Wildman–Crippen MR) is 47.2 cm³/mol. The quantitative estimate of drug-likeness (QED) is 0.681. The summed E-state index contributed by atoms with van der Waals surface area (Å²) in [6, 6.07) is 0. The highest BCUT2D eigenvalue weighted by atomic mass is 16.7. The van der Waals surface area contributed by atoms with Crippen LogP contribution in [0.2, 0.25) is 0 Å². The summed E-state index contributed by atoms with van der Waals surface area (Å²) in [7, 11) is 0. The fourth-order valence-corrected chi connectivity index (χ4v) is 1.82. The van der Waals surface area contributed by atoms with Crippen molar-refractivity contribution in [2.75, 3.05) is 26.4 Å². The van der Waals surface area contributed by atoms with E-state index in [9.17, 15) is 0 Å². The predicted octanol–water partition coefficient (Wildman–Crippen LogP) is 0.113. The molecule has 2 heterocycles. The maximum absolute atomic E-state index is 5.70. The third-order valence-electron chi connectivity index (χ3n) is 2.61. The zero-order chi connectivity index (χ0) is 9.10. The number of hydrogen-bond acceptors (Lipinski definition) is 4. The summed E-state index contributed by atoms with van der Waals surface area (Å²) in [5.74, 6) is 0.433. The monoisotopic (exact) mass is 187 g/mol. The van der Waals surface area contributed by atoms with E-state index in [1.165, 1.54) is 0 Å². The van der Waals surface area contributed by atoms with Crippen LogP contribution in [0.15, 0.2) is 0 Å². The molecule has 2 fully saturated rings. The van der Waals surface area contributed by atoms with Crippen LogP contribution >= 0.6 is 0 Å². The lowest BCUT2D eigenvalue weighted by molar-refractivity contribution is -0.0969. The molecule has 3 atom stereocenters. The van der Waals surface area contributed by atoms with Gasteiger partial charge in [-0.3, -0.25) is 0 Å². The van der Waals surface area contributed by atoms with Crippen LogP contribution in [0.3, 0.4) is 0 Å². The van der Waals surface area contributed by atoms with Crippen molar-refractivity contribution < 1.29 is 14.2 Å². The van der Waals surface area contributed by atoms with E-state index in [0.29, 0.717) is 19.1 Å². The molecule has 0 spiro atoms. The summed E-state index contributed by atoms with van der Waals surface area (Å²) in [5, 5.41) is 0. The van der Waals surface area contributed by atoms with E-state index in [2.05, 4.69) is 0 Å². The van der Waals surface area contributed by atoms with Crippen LogP contribution in [-0.4, -0.2) is 38.8 Å². The van der Waals surface area contributed by atoms with Crippen LogP contribution < -0.4 is 5.73 Å². The molecule has 0 saturated carbocycles. The Labute approximate surface area is 78.3 Å². The molecule has 2 aliphatic rings. The van der Waals surface area contributed by atoms with E-state index in [1.54, 1.807) is 0 Å². The molecule has 2 aliphatic heterocycles. The highest BCUT2D eigenvalue weighted by molar-refractivity contribution is 4.74. The first-order valence-corrected chi connectivity index (χ1v) is 4.95. The third kappa shape index (κ3) is 2.20. The largest absolute Gasteiger partial charge is 0.381 e. The molecule has 2 rings (SSSR count). The molecular weight excluding hydrogens is 170 g/mol. The van der Waals surface area contributed by atoms with Crippen molar-refractivity contribution in [1.82, 2.24) is 0 Å². The molecule has 76 valence electrons. The minimum Gasteiger partial charge on any atom is -0.381 e. The molecule has 0 aromatic carbocycles. The van der Waals surface area contributed by atoms with Gasteiger partial charge in [-0.2, -0.15) is 0 Å². The summed E-state index contributed by atoms with van der Waals surface area (Å²) >= 11 is 0. The normalized spacial score (nSPS) is 39.9. The van der Waals surface area contributed by atoms with Gasteiger partial charge in [0.05, 0.1) is 19.3 Å². The van der Waals surface area contributed by atoms with Crippen LogP contribution in [0, 0.1) is 5.92 Å². The SMILES string of the molecule is NCCC1COC(C2CCOC2)O1. The van der Waals surface area contributed by atoms with Crippen LogP contribution in [0.4, 0.5) is 0 Å². The van der Waals surface area contributed by atoms with E-state index in [4.69, 9.17) is 19.9 Å². The van der Waals surface area contributed by atoms with E-state index >= 15 is 0 Å². The Morgan fingerprint density at radius 1 is 1.31 bits per heavy atom. The average molecular weight is 187 g/mol. The molecule has 2 N–H and O–H groups in total. The molecule has 2 saturated heterocycles. The first-order chi connectivity index (χ1) is 6.40. The van der Waals surface area contributed by atoms with E-state index in [0.717, 1.165) is 26.1 Å². The van der Waals surface area contributed by atoms with Gasteiger partial charge < -0.3 is 19.9 Å². The molecular formula is C9H17NO3. The van der Waals surface area contributed by atoms with Gasteiger partial charge in [0.15, 0.2) is 6.29 Å². The van der Waals surface area contributed by atoms with Crippen molar-refractivity contribution in [3.05, 3.63) is 0 Å². The highest BCUT2D eigenvalue weighted by Crippen LogP contribution is 2.26. The van der Waals surface area contributed by atoms with Crippen LogP contribution in [0.5, 0.6) is 0 Å². The van der Waals surface area contributed by atoms with Crippen molar-refractivity contribution >= 4 is 0 Å². The Kier molecular flexibility index (Phi) is 3.16. The van der Waals surface area contributed by atoms with Gasteiger partial charge in [0.2, 0.25) is 0 Å². The second kappa shape index (κ2) is 4.37. The van der Waals surface area contributed by atoms with Crippen LogP contribution in [-0.2, 0) is 14.2 Å². The lowest BCUT2D eigenvalue weighted by atomic mass is 10.1. The number of nitrogens with two attached hydrogens (primary N) is 1. The molecule has 0 amide bonds. The van der Waals surface area contributed by atoms with Gasteiger partial charge in [-0.15, -0.1) is 0 Å². The average Bonchev–Trinajstić information content (AvgIpc) is 2.70. The van der Waals surface area contributed by atoms with Gasteiger partial charge in [-0.25, -0.2) is 0 Å². The minimum absolute atomic E-state index is 0.0425. The first kappa shape index (κ1) is 9.40. The van der Waals surface area contributed by atoms with Gasteiger partial charge in [-0.1, -0.05) is 0 Å². The van der Waals surface area contributed by atoms with Crippen molar-refractivity contribution in [1.29, 1.82) is 0 Å². The molecule has 0 radical (unpaired) electrons. The lowest BCUT2D eigenvalue weighted by Gasteiger charge is -2.15. The first-order valence-electron chi connectivity index (χ1n) is 4.95. The Balaban J connectivity index is 1.76. The van der Waals surface area contributed by atoms with Crippen molar-refractivity contribution in [2.24, 2.45) is 11.7 Å². The second-order valence-electron chi connectivity index (χ2n) is 3.66. The summed E-state index contributed by atoms with van der Waals surface area (Å²) in [6.07, 6.45) is 2.11. The van der Waals surface area contributed by atoms with Crippen LogP contribution in [0.1, 0.15) is 12.8 Å².